The summed E-state index contributed by atoms with van der Waals surface area (Å²) in [4.78, 5) is 12.2. The highest BCUT2D eigenvalue weighted by Crippen LogP contribution is 2.20. The number of hydrogen-bond donors (Lipinski definition) is 2. The third-order valence-electron chi connectivity index (χ3n) is 3.46. The Morgan fingerprint density at radius 1 is 0.857 bits per heavy atom. The molecule has 3 nitrogen and oxygen atoms in total. The number of benzene rings is 3. The lowest BCUT2D eigenvalue weighted by atomic mass is 10.1. The second kappa shape index (κ2) is 5.77. The summed E-state index contributed by atoms with van der Waals surface area (Å²) >= 11 is 0. The summed E-state index contributed by atoms with van der Waals surface area (Å²) in [5.74, 6) is -0.212. The molecule has 0 unspecified atom stereocenters. The lowest BCUT2D eigenvalue weighted by Gasteiger charge is -2.13. The Labute approximate surface area is 123 Å². The number of carbonyl (C=O) groups excluding carboxylic acids is 1. The Hall–Kier alpha value is -2.65. The zero-order valence-electron chi connectivity index (χ0n) is 11.5. The first-order valence-electron chi connectivity index (χ1n) is 6.84. The van der Waals surface area contributed by atoms with Gasteiger partial charge in [0, 0.05) is 5.69 Å². The van der Waals surface area contributed by atoms with Crippen LogP contribution in [0.5, 0.6) is 0 Å². The predicted molar refractivity (Wildman–Crippen MR) is 85.9 cm³/mol. The minimum absolute atomic E-state index is 0.212. The SMILES string of the molecule is N[C@@H](C(=O)Nc1ccc2ccccc2c1)c1ccccc1. The van der Waals surface area contributed by atoms with Crippen LogP contribution in [0.2, 0.25) is 0 Å². The maximum Gasteiger partial charge on any atom is 0.245 e. The van der Waals surface area contributed by atoms with Crippen LogP contribution in [-0.2, 0) is 4.79 Å². The average molecular weight is 276 g/mol. The minimum atomic E-state index is -0.669. The Kier molecular flexibility index (Phi) is 3.67. The van der Waals surface area contributed by atoms with Gasteiger partial charge in [0.2, 0.25) is 5.91 Å². The van der Waals surface area contributed by atoms with Gasteiger partial charge in [-0.2, -0.15) is 0 Å². The first-order chi connectivity index (χ1) is 10.2. The van der Waals surface area contributed by atoms with E-state index in [-0.39, 0.29) is 5.91 Å². The van der Waals surface area contributed by atoms with Gasteiger partial charge in [-0.05, 0) is 28.5 Å². The van der Waals surface area contributed by atoms with Gasteiger partial charge in [-0.1, -0.05) is 60.7 Å². The Bertz CT molecular complexity index is 768. The maximum absolute atomic E-state index is 12.2. The molecule has 0 spiro atoms. The molecule has 0 saturated carbocycles. The largest absolute Gasteiger partial charge is 0.324 e. The van der Waals surface area contributed by atoms with Crippen molar-refractivity contribution in [3.05, 3.63) is 78.4 Å². The topological polar surface area (TPSA) is 55.1 Å². The Balaban J connectivity index is 1.80. The number of fused-ring (bicyclic) bond motifs is 1. The Morgan fingerprint density at radius 3 is 2.29 bits per heavy atom. The summed E-state index contributed by atoms with van der Waals surface area (Å²) in [6.45, 7) is 0. The van der Waals surface area contributed by atoms with E-state index in [0.29, 0.717) is 0 Å². The van der Waals surface area contributed by atoms with Crippen molar-refractivity contribution in [1.29, 1.82) is 0 Å². The second-order valence-electron chi connectivity index (χ2n) is 4.94. The van der Waals surface area contributed by atoms with E-state index < -0.39 is 6.04 Å². The van der Waals surface area contributed by atoms with Gasteiger partial charge in [0.25, 0.3) is 0 Å². The quantitative estimate of drug-likeness (QED) is 0.769. The van der Waals surface area contributed by atoms with Crippen molar-refractivity contribution in [2.24, 2.45) is 5.73 Å². The monoisotopic (exact) mass is 276 g/mol. The van der Waals surface area contributed by atoms with Crippen molar-refractivity contribution >= 4 is 22.4 Å². The number of rotatable bonds is 3. The van der Waals surface area contributed by atoms with Gasteiger partial charge >= 0.3 is 0 Å². The van der Waals surface area contributed by atoms with Gasteiger partial charge in [0.1, 0.15) is 6.04 Å². The summed E-state index contributed by atoms with van der Waals surface area (Å²) in [6.07, 6.45) is 0. The number of amides is 1. The third-order valence-corrected chi connectivity index (χ3v) is 3.46. The molecule has 3 heteroatoms. The third kappa shape index (κ3) is 2.93. The molecule has 3 aromatic carbocycles. The molecule has 0 aliphatic rings. The van der Waals surface area contributed by atoms with Crippen LogP contribution in [0.15, 0.2) is 72.8 Å². The van der Waals surface area contributed by atoms with Crippen LogP contribution in [0.4, 0.5) is 5.69 Å². The highest BCUT2D eigenvalue weighted by atomic mass is 16.2. The van der Waals surface area contributed by atoms with Gasteiger partial charge < -0.3 is 11.1 Å². The molecule has 21 heavy (non-hydrogen) atoms. The summed E-state index contributed by atoms with van der Waals surface area (Å²) in [5.41, 5.74) is 7.54. The molecular weight excluding hydrogens is 260 g/mol. The van der Waals surface area contributed by atoms with Crippen molar-refractivity contribution in [1.82, 2.24) is 0 Å². The molecule has 0 aliphatic carbocycles. The lowest BCUT2D eigenvalue weighted by Crippen LogP contribution is -2.27. The van der Waals surface area contributed by atoms with Gasteiger partial charge in [-0.25, -0.2) is 0 Å². The van der Waals surface area contributed by atoms with Crippen molar-refractivity contribution in [2.45, 2.75) is 6.04 Å². The van der Waals surface area contributed by atoms with Gasteiger partial charge in [-0.15, -0.1) is 0 Å². The number of nitrogens with one attached hydrogen (secondary N) is 1. The van der Waals surface area contributed by atoms with E-state index in [1.165, 1.54) is 0 Å². The molecule has 3 N–H and O–H groups in total. The van der Waals surface area contributed by atoms with E-state index in [1.807, 2.05) is 72.8 Å². The second-order valence-corrected chi connectivity index (χ2v) is 4.94. The first kappa shape index (κ1) is 13.3. The molecular formula is C18H16N2O. The fourth-order valence-corrected chi connectivity index (χ4v) is 2.30. The lowest BCUT2D eigenvalue weighted by molar-refractivity contribution is -0.117. The normalized spacial score (nSPS) is 12.0. The zero-order chi connectivity index (χ0) is 14.7. The van der Waals surface area contributed by atoms with Crippen LogP contribution in [0.25, 0.3) is 10.8 Å². The smallest absolute Gasteiger partial charge is 0.245 e. The zero-order valence-corrected chi connectivity index (χ0v) is 11.5. The van der Waals surface area contributed by atoms with Crippen LogP contribution in [0.3, 0.4) is 0 Å². The van der Waals surface area contributed by atoms with Crippen LogP contribution < -0.4 is 11.1 Å². The average Bonchev–Trinajstić information content (AvgIpc) is 2.55. The molecule has 0 fully saturated rings. The maximum atomic E-state index is 12.2. The van der Waals surface area contributed by atoms with Crippen LogP contribution in [0, 0.1) is 0 Å². The molecule has 0 bridgehead atoms. The molecule has 0 aromatic heterocycles. The van der Waals surface area contributed by atoms with Crippen molar-refractivity contribution in [2.75, 3.05) is 5.32 Å². The molecule has 104 valence electrons. The number of anilines is 1. The molecule has 1 amide bonds. The first-order valence-corrected chi connectivity index (χ1v) is 6.84. The minimum Gasteiger partial charge on any atom is -0.324 e. The predicted octanol–water partition coefficient (Wildman–Crippen LogP) is 3.48. The molecule has 3 rings (SSSR count). The van der Waals surface area contributed by atoms with Gasteiger partial charge in [-0.3, -0.25) is 4.79 Å². The van der Waals surface area contributed by atoms with Gasteiger partial charge in [0.05, 0.1) is 0 Å². The standard InChI is InChI=1S/C18H16N2O/c19-17(14-7-2-1-3-8-14)18(21)20-16-11-10-13-6-4-5-9-15(13)12-16/h1-12,17H,19H2,(H,20,21)/t17-/m1/s1. The Morgan fingerprint density at radius 2 is 1.52 bits per heavy atom. The van der Waals surface area contributed by atoms with Crippen LogP contribution in [-0.4, -0.2) is 5.91 Å². The highest BCUT2D eigenvalue weighted by Gasteiger charge is 2.15. The number of nitrogens with two attached hydrogens (primary N) is 1. The highest BCUT2D eigenvalue weighted by molar-refractivity contribution is 5.97. The van der Waals surface area contributed by atoms with E-state index in [2.05, 4.69) is 5.32 Å². The summed E-state index contributed by atoms with van der Waals surface area (Å²) in [7, 11) is 0. The molecule has 1 atom stereocenters. The van der Waals surface area contributed by atoms with Crippen molar-refractivity contribution in [3.63, 3.8) is 0 Å². The van der Waals surface area contributed by atoms with E-state index in [4.69, 9.17) is 5.73 Å². The molecule has 3 aromatic rings. The van der Waals surface area contributed by atoms with Crippen molar-refractivity contribution < 1.29 is 4.79 Å². The molecule has 0 heterocycles. The molecule has 0 saturated heterocycles. The van der Waals surface area contributed by atoms with Gasteiger partial charge in [0.15, 0.2) is 0 Å². The van der Waals surface area contributed by atoms with Crippen LogP contribution >= 0.6 is 0 Å². The summed E-state index contributed by atoms with van der Waals surface area (Å²) < 4.78 is 0. The fourth-order valence-electron chi connectivity index (χ4n) is 2.30. The summed E-state index contributed by atoms with van der Waals surface area (Å²) in [5, 5.41) is 5.10. The van der Waals surface area contributed by atoms with Crippen LogP contribution in [0.1, 0.15) is 11.6 Å². The fraction of sp³-hybridized carbons (Fsp3) is 0.0556. The number of carbonyl (C=O) groups is 1. The van der Waals surface area contributed by atoms with Crippen molar-refractivity contribution in [3.8, 4) is 0 Å². The van der Waals surface area contributed by atoms with E-state index in [1.54, 1.807) is 0 Å². The van der Waals surface area contributed by atoms with E-state index in [9.17, 15) is 4.79 Å². The van der Waals surface area contributed by atoms with E-state index >= 15 is 0 Å². The summed E-state index contributed by atoms with van der Waals surface area (Å²) in [6, 6.07) is 22.5. The number of hydrogen-bond acceptors (Lipinski definition) is 2. The molecule has 0 aliphatic heterocycles. The van der Waals surface area contributed by atoms with E-state index in [0.717, 1.165) is 22.0 Å². The molecule has 0 radical (unpaired) electrons.